The van der Waals surface area contributed by atoms with Crippen LogP contribution >= 0.6 is 0 Å². The van der Waals surface area contributed by atoms with Gasteiger partial charge in [-0.2, -0.15) is 0 Å². The second-order valence-electron chi connectivity index (χ2n) is 10.9. The summed E-state index contributed by atoms with van der Waals surface area (Å²) in [6.45, 7) is 1.20. The highest BCUT2D eigenvalue weighted by Gasteiger charge is 2.28. The van der Waals surface area contributed by atoms with Gasteiger partial charge in [-0.15, -0.1) is 0 Å². The third kappa shape index (κ3) is 6.83. The van der Waals surface area contributed by atoms with Gasteiger partial charge in [-0.25, -0.2) is 0 Å². The molecule has 0 aliphatic carbocycles. The van der Waals surface area contributed by atoms with Crippen LogP contribution in [-0.4, -0.2) is 63.0 Å². The summed E-state index contributed by atoms with van der Waals surface area (Å²) in [5.74, 6) is 7.44. The van der Waals surface area contributed by atoms with Crippen molar-refractivity contribution in [2.75, 3.05) is 63.0 Å². The molecular formula is C37H42O9. The van der Waals surface area contributed by atoms with Gasteiger partial charge in [0.2, 0.25) is 5.75 Å². The molecule has 2 aliphatic heterocycles. The van der Waals surface area contributed by atoms with Crippen LogP contribution in [-0.2, 0) is 12.8 Å². The van der Waals surface area contributed by atoms with Crippen molar-refractivity contribution in [2.24, 2.45) is 0 Å². The number of ether oxygens (including phenoxy) is 9. The zero-order chi connectivity index (χ0) is 32.6. The zero-order valence-corrected chi connectivity index (χ0v) is 27.5. The van der Waals surface area contributed by atoms with Gasteiger partial charge < -0.3 is 42.6 Å². The maximum Gasteiger partial charge on any atom is 0.203 e. The quantitative estimate of drug-likeness (QED) is 0.197. The zero-order valence-electron chi connectivity index (χ0n) is 27.5. The summed E-state index contributed by atoms with van der Waals surface area (Å²) in [5, 5.41) is 0. The number of hydrogen-bond acceptors (Lipinski definition) is 9. The Labute approximate surface area is 270 Å². The Hall–Kier alpha value is -4.92. The molecule has 9 nitrogen and oxygen atoms in total. The van der Waals surface area contributed by atoms with Crippen LogP contribution in [0.1, 0.15) is 34.1 Å². The smallest absolute Gasteiger partial charge is 0.203 e. The Balaban J connectivity index is 0.000000182. The third-order valence-electron chi connectivity index (χ3n) is 8.42. The van der Waals surface area contributed by atoms with Crippen LogP contribution in [0.5, 0.6) is 51.7 Å². The van der Waals surface area contributed by atoms with Gasteiger partial charge in [0.25, 0.3) is 0 Å². The minimum absolute atomic E-state index is 0.181. The van der Waals surface area contributed by atoms with Crippen LogP contribution in [0.25, 0.3) is 0 Å². The highest BCUT2D eigenvalue weighted by Crippen LogP contribution is 2.45. The van der Waals surface area contributed by atoms with E-state index in [1.165, 1.54) is 5.56 Å². The molecule has 0 aromatic heterocycles. The monoisotopic (exact) mass is 630 g/mol. The van der Waals surface area contributed by atoms with Crippen molar-refractivity contribution < 1.29 is 42.6 Å². The average Bonchev–Trinajstić information content (AvgIpc) is 3.12. The Bertz CT molecular complexity index is 1630. The number of hydrogen-bond donors (Lipinski definition) is 0. The van der Waals surface area contributed by atoms with E-state index in [2.05, 4.69) is 12.1 Å². The molecule has 9 heteroatoms. The predicted octanol–water partition coefficient (Wildman–Crippen LogP) is 6.87. The van der Waals surface area contributed by atoms with Crippen molar-refractivity contribution >= 4 is 0 Å². The molecule has 46 heavy (non-hydrogen) atoms. The van der Waals surface area contributed by atoms with Crippen LogP contribution in [0.15, 0.2) is 66.7 Å². The van der Waals surface area contributed by atoms with E-state index in [1.807, 2.05) is 54.6 Å². The van der Waals surface area contributed by atoms with E-state index >= 15 is 0 Å². The van der Waals surface area contributed by atoms with Crippen LogP contribution in [0, 0.1) is 0 Å². The van der Waals surface area contributed by atoms with Crippen molar-refractivity contribution in [3.63, 3.8) is 0 Å². The van der Waals surface area contributed by atoms with Crippen molar-refractivity contribution in [1.29, 1.82) is 0 Å². The van der Waals surface area contributed by atoms with Crippen LogP contribution in [0.2, 0.25) is 0 Å². The number of fused-ring (bicyclic) bond motifs is 2. The molecule has 6 rings (SSSR count). The average molecular weight is 631 g/mol. The maximum atomic E-state index is 5.95. The lowest BCUT2D eigenvalue weighted by Gasteiger charge is -2.28. The van der Waals surface area contributed by atoms with E-state index in [-0.39, 0.29) is 11.8 Å². The molecule has 2 aliphatic rings. The molecule has 4 aromatic rings. The summed E-state index contributed by atoms with van der Waals surface area (Å²) in [6.07, 6.45) is 1.78. The van der Waals surface area contributed by atoms with Crippen molar-refractivity contribution in [2.45, 2.75) is 24.7 Å². The molecule has 0 bridgehead atoms. The fourth-order valence-electron chi connectivity index (χ4n) is 5.96. The largest absolute Gasteiger partial charge is 0.497 e. The second-order valence-corrected chi connectivity index (χ2v) is 10.9. The molecule has 244 valence electrons. The van der Waals surface area contributed by atoms with Gasteiger partial charge in [-0.3, -0.25) is 0 Å². The summed E-state index contributed by atoms with van der Waals surface area (Å²) < 4.78 is 49.6. The lowest BCUT2D eigenvalue weighted by Crippen LogP contribution is -2.20. The summed E-state index contributed by atoms with van der Waals surface area (Å²) in [4.78, 5) is 0. The molecule has 0 N–H and O–H groups in total. The Kier molecular flexibility index (Phi) is 10.5. The Morgan fingerprint density at radius 1 is 0.457 bits per heavy atom. The van der Waals surface area contributed by atoms with Crippen LogP contribution in [0.3, 0.4) is 0 Å². The standard InChI is InChI=1S/C19H22O5.C18H20O4/c1-20-14-6-5-12-9-13(11-24-17(12)10-14)15-7-8-16(21-2)19(23-4)18(15)22-3;1-19-14-5-4-12-8-13(11-22-17(12)9-14)16-7-6-15(20-2)10-18(16)21-3/h5-8,10,13H,9,11H2,1-4H3;4-7,9-10,13H,8,11H2,1-3H3. The number of methoxy groups -OCH3 is 7. The molecule has 2 unspecified atom stereocenters. The molecule has 0 saturated carbocycles. The minimum atomic E-state index is 0.181. The highest BCUT2D eigenvalue weighted by atomic mass is 16.5. The Morgan fingerprint density at radius 2 is 0.935 bits per heavy atom. The van der Waals surface area contributed by atoms with Gasteiger partial charge in [0, 0.05) is 41.2 Å². The van der Waals surface area contributed by atoms with Crippen molar-refractivity contribution in [1.82, 2.24) is 0 Å². The molecule has 2 atom stereocenters. The molecular weight excluding hydrogens is 588 g/mol. The van der Waals surface area contributed by atoms with Gasteiger partial charge >= 0.3 is 0 Å². The van der Waals surface area contributed by atoms with Crippen molar-refractivity contribution in [3.8, 4) is 51.7 Å². The first-order chi connectivity index (χ1) is 22.5. The second kappa shape index (κ2) is 14.9. The van der Waals surface area contributed by atoms with Crippen molar-refractivity contribution in [3.05, 3.63) is 89.0 Å². The van der Waals surface area contributed by atoms with E-state index in [9.17, 15) is 0 Å². The fourth-order valence-corrected chi connectivity index (χ4v) is 5.96. The van der Waals surface area contributed by atoms with Crippen LogP contribution in [0.4, 0.5) is 0 Å². The van der Waals surface area contributed by atoms with E-state index in [0.29, 0.717) is 30.5 Å². The number of benzene rings is 4. The van der Waals surface area contributed by atoms with E-state index in [0.717, 1.165) is 64.0 Å². The summed E-state index contributed by atoms with van der Waals surface area (Å²) >= 11 is 0. The molecule has 0 fully saturated rings. The first kappa shape index (κ1) is 32.5. The SMILES string of the molecule is COc1ccc2c(c1)OCC(c1ccc(OC)c(OC)c1OC)C2.COc1ccc2c(c1)OCC(c1ccc(OC)cc1OC)C2. The van der Waals surface area contributed by atoms with E-state index in [4.69, 9.17) is 42.6 Å². The molecule has 0 spiro atoms. The first-order valence-corrected chi connectivity index (χ1v) is 15.1. The maximum absolute atomic E-state index is 5.95. The topological polar surface area (TPSA) is 83.1 Å². The van der Waals surface area contributed by atoms with Gasteiger partial charge in [-0.05, 0) is 48.2 Å². The van der Waals surface area contributed by atoms with Gasteiger partial charge in [-0.1, -0.05) is 24.3 Å². The lowest BCUT2D eigenvalue weighted by atomic mass is 9.89. The highest BCUT2D eigenvalue weighted by molar-refractivity contribution is 5.58. The number of rotatable bonds is 9. The van der Waals surface area contributed by atoms with Gasteiger partial charge in [0.15, 0.2) is 11.5 Å². The summed E-state index contributed by atoms with van der Waals surface area (Å²) in [5.41, 5.74) is 4.54. The Morgan fingerprint density at radius 3 is 1.43 bits per heavy atom. The van der Waals surface area contributed by atoms with Crippen LogP contribution < -0.4 is 42.6 Å². The summed E-state index contributed by atoms with van der Waals surface area (Å²) in [7, 11) is 11.5. The molecule has 0 saturated heterocycles. The molecule has 4 aromatic carbocycles. The molecule has 0 amide bonds. The normalized spacial score (nSPS) is 16.2. The fraction of sp³-hybridized carbons (Fsp3) is 0.351. The predicted molar refractivity (Wildman–Crippen MR) is 176 cm³/mol. The molecule has 0 radical (unpaired) electrons. The van der Waals surface area contributed by atoms with E-state index < -0.39 is 0 Å². The molecule has 2 heterocycles. The van der Waals surface area contributed by atoms with E-state index in [1.54, 1.807) is 49.8 Å². The minimum Gasteiger partial charge on any atom is -0.497 e. The van der Waals surface area contributed by atoms with Gasteiger partial charge in [0.1, 0.15) is 34.5 Å². The lowest BCUT2D eigenvalue weighted by molar-refractivity contribution is 0.255. The first-order valence-electron chi connectivity index (χ1n) is 15.1. The third-order valence-corrected chi connectivity index (χ3v) is 8.42. The summed E-state index contributed by atoms with van der Waals surface area (Å²) in [6, 6.07) is 21.8. The van der Waals surface area contributed by atoms with Gasteiger partial charge in [0.05, 0.1) is 63.0 Å².